The van der Waals surface area contributed by atoms with E-state index >= 15 is 0 Å². The van der Waals surface area contributed by atoms with Crippen LogP contribution in [0.3, 0.4) is 0 Å². The zero-order valence-corrected chi connectivity index (χ0v) is 18.4. The van der Waals surface area contributed by atoms with Crippen molar-refractivity contribution >= 4 is 11.6 Å². The van der Waals surface area contributed by atoms with Crippen molar-refractivity contribution < 1.29 is 13.6 Å². The van der Waals surface area contributed by atoms with Crippen LogP contribution in [0.25, 0.3) is 0 Å². The standard InChI is InChI=1S/C26H29F2N3O/c1-18(32)31-26(20-6-3-2-4-7-20,12-5-13-30-17-19-8-10-22(30)14-19)16-25(29-31)23-15-21(27)9-11-24(23)28/h2-4,6-7,9,11,15,19,22H,5,8,10,12-14,16-17H2,1H3/t19?,22?,26-/m1/s1. The highest BCUT2D eigenvalue weighted by atomic mass is 19.1. The topological polar surface area (TPSA) is 35.9 Å². The number of hydrazone groups is 1. The lowest BCUT2D eigenvalue weighted by molar-refractivity contribution is -0.135. The van der Waals surface area contributed by atoms with Crippen molar-refractivity contribution in [3.8, 4) is 0 Å². The molecule has 2 bridgehead atoms. The Bertz CT molecular complexity index is 1040. The first kappa shape index (κ1) is 21.3. The van der Waals surface area contributed by atoms with Crippen molar-refractivity contribution in [1.29, 1.82) is 0 Å². The van der Waals surface area contributed by atoms with Crippen LogP contribution in [0.15, 0.2) is 53.6 Å². The Balaban J connectivity index is 1.45. The SMILES string of the molecule is CC(=O)N1N=C(c2cc(F)ccc2F)C[C@]1(CCCN1CC2CCC1C2)c1ccccc1. The molecule has 1 aliphatic carbocycles. The minimum atomic E-state index is -0.695. The van der Waals surface area contributed by atoms with Gasteiger partial charge in [0, 0.05) is 31.5 Å². The maximum atomic E-state index is 14.6. The van der Waals surface area contributed by atoms with Gasteiger partial charge in [-0.15, -0.1) is 0 Å². The lowest BCUT2D eigenvalue weighted by Gasteiger charge is -2.37. The van der Waals surface area contributed by atoms with Crippen molar-refractivity contribution in [3.05, 3.63) is 71.3 Å². The summed E-state index contributed by atoms with van der Waals surface area (Å²) in [5, 5.41) is 6.07. The number of nitrogens with zero attached hydrogens (tertiary/aromatic N) is 3. The van der Waals surface area contributed by atoms with E-state index in [0.717, 1.165) is 36.6 Å². The van der Waals surface area contributed by atoms with Crippen LogP contribution in [0.5, 0.6) is 0 Å². The fraction of sp³-hybridized carbons (Fsp3) is 0.462. The monoisotopic (exact) mass is 437 g/mol. The summed E-state index contributed by atoms with van der Waals surface area (Å²) in [7, 11) is 0. The Morgan fingerprint density at radius 3 is 2.66 bits per heavy atom. The number of fused-ring (bicyclic) bond motifs is 2. The van der Waals surface area contributed by atoms with Crippen molar-refractivity contribution in [1.82, 2.24) is 9.91 Å². The van der Waals surface area contributed by atoms with E-state index in [1.165, 1.54) is 43.8 Å². The third-order valence-electron chi connectivity index (χ3n) is 7.49. The summed E-state index contributed by atoms with van der Waals surface area (Å²) in [6.45, 7) is 3.66. The molecule has 2 heterocycles. The van der Waals surface area contributed by atoms with E-state index in [1.54, 1.807) is 0 Å². The molecule has 2 aromatic carbocycles. The first-order valence-corrected chi connectivity index (χ1v) is 11.6. The molecular formula is C26H29F2N3O. The molecule has 168 valence electrons. The van der Waals surface area contributed by atoms with Crippen molar-refractivity contribution in [2.75, 3.05) is 13.1 Å². The molecule has 0 radical (unpaired) electrons. The van der Waals surface area contributed by atoms with E-state index < -0.39 is 17.2 Å². The molecule has 1 saturated carbocycles. The minimum Gasteiger partial charge on any atom is -0.300 e. The first-order chi connectivity index (χ1) is 15.5. The van der Waals surface area contributed by atoms with Gasteiger partial charge < -0.3 is 4.90 Å². The Morgan fingerprint density at radius 1 is 1.16 bits per heavy atom. The maximum Gasteiger partial charge on any atom is 0.240 e. The van der Waals surface area contributed by atoms with Gasteiger partial charge in [0.25, 0.3) is 0 Å². The molecule has 3 atom stereocenters. The van der Waals surface area contributed by atoms with Gasteiger partial charge in [0.05, 0.1) is 11.3 Å². The molecule has 2 aliphatic heterocycles. The quantitative estimate of drug-likeness (QED) is 0.632. The van der Waals surface area contributed by atoms with Gasteiger partial charge in [-0.25, -0.2) is 13.8 Å². The highest BCUT2D eigenvalue weighted by Crippen LogP contribution is 2.44. The van der Waals surface area contributed by atoms with Gasteiger partial charge in [-0.2, -0.15) is 5.10 Å². The van der Waals surface area contributed by atoms with Crippen LogP contribution in [-0.2, 0) is 10.3 Å². The summed E-state index contributed by atoms with van der Waals surface area (Å²) in [6.07, 6.45) is 5.95. The number of carbonyl (C=O) groups is 1. The number of hydrogen-bond acceptors (Lipinski definition) is 3. The number of benzene rings is 2. The minimum absolute atomic E-state index is 0.130. The lowest BCUT2D eigenvalue weighted by Crippen LogP contribution is -2.43. The van der Waals surface area contributed by atoms with Gasteiger partial charge in [-0.1, -0.05) is 30.3 Å². The molecule has 1 saturated heterocycles. The largest absolute Gasteiger partial charge is 0.300 e. The van der Waals surface area contributed by atoms with E-state index in [9.17, 15) is 13.6 Å². The third-order valence-corrected chi connectivity index (χ3v) is 7.49. The second-order valence-electron chi connectivity index (χ2n) is 9.51. The van der Waals surface area contributed by atoms with Crippen LogP contribution in [0, 0.1) is 17.6 Å². The second-order valence-corrected chi connectivity index (χ2v) is 9.51. The van der Waals surface area contributed by atoms with Crippen LogP contribution in [-0.4, -0.2) is 40.7 Å². The molecular weight excluding hydrogens is 408 g/mol. The van der Waals surface area contributed by atoms with Crippen LogP contribution >= 0.6 is 0 Å². The normalized spacial score (nSPS) is 27.2. The highest BCUT2D eigenvalue weighted by Gasteiger charge is 2.47. The van der Waals surface area contributed by atoms with E-state index in [4.69, 9.17) is 0 Å². The van der Waals surface area contributed by atoms with Crippen LogP contribution < -0.4 is 0 Å². The van der Waals surface area contributed by atoms with Gasteiger partial charge in [-0.3, -0.25) is 4.79 Å². The zero-order chi connectivity index (χ0) is 22.3. The molecule has 0 aromatic heterocycles. The molecule has 6 heteroatoms. The van der Waals surface area contributed by atoms with E-state index in [2.05, 4.69) is 10.0 Å². The molecule has 5 rings (SSSR count). The smallest absolute Gasteiger partial charge is 0.240 e. The van der Waals surface area contributed by atoms with Gasteiger partial charge in [-0.05, 0) is 68.3 Å². The molecule has 1 amide bonds. The van der Waals surface area contributed by atoms with Crippen LogP contribution in [0.1, 0.15) is 56.6 Å². The number of halogens is 2. The Kier molecular flexibility index (Phi) is 5.58. The van der Waals surface area contributed by atoms with E-state index in [0.29, 0.717) is 24.6 Å². The van der Waals surface area contributed by atoms with E-state index in [-0.39, 0.29) is 11.5 Å². The molecule has 3 aliphatic rings. The lowest BCUT2D eigenvalue weighted by atomic mass is 9.80. The van der Waals surface area contributed by atoms with Gasteiger partial charge in [0.1, 0.15) is 11.6 Å². The molecule has 0 spiro atoms. The molecule has 2 aromatic rings. The van der Waals surface area contributed by atoms with Gasteiger partial charge in [0.15, 0.2) is 0 Å². The molecule has 32 heavy (non-hydrogen) atoms. The molecule has 4 nitrogen and oxygen atoms in total. The summed E-state index contributed by atoms with van der Waals surface area (Å²) < 4.78 is 28.5. The Labute approximate surface area is 187 Å². The van der Waals surface area contributed by atoms with Crippen molar-refractivity contribution in [2.24, 2.45) is 11.0 Å². The predicted molar refractivity (Wildman–Crippen MR) is 120 cm³/mol. The first-order valence-electron chi connectivity index (χ1n) is 11.6. The molecule has 0 N–H and O–H groups in total. The number of carbonyl (C=O) groups excluding carboxylic acids is 1. The average molecular weight is 438 g/mol. The summed E-state index contributed by atoms with van der Waals surface area (Å²) in [5.41, 5.74) is 0.834. The van der Waals surface area contributed by atoms with Gasteiger partial charge in [0.2, 0.25) is 5.91 Å². The van der Waals surface area contributed by atoms with Crippen molar-refractivity contribution in [3.63, 3.8) is 0 Å². The summed E-state index contributed by atoms with van der Waals surface area (Å²) in [6, 6.07) is 14.0. The predicted octanol–water partition coefficient (Wildman–Crippen LogP) is 5.08. The summed E-state index contributed by atoms with van der Waals surface area (Å²) in [4.78, 5) is 15.3. The number of rotatable bonds is 6. The number of likely N-dealkylation sites (tertiary alicyclic amines) is 1. The highest BCUT2D eigenvalue weighted by molar-refractivity contribution is 6.03. The maximum absolute atomic E-state index is 14.6. The van der Waals surface area contributed by atoms with Crippen molar-refractivity contribution in [2.45, 2.75) is 57.0 Å². The number of hydrogen-bond donors (Lipinski definition) is 0. The van der Waals surface area contributed by atoms with Gasteiger partial charge >= 0.3 is 0 Å². The van der Waals surface area contributed by atoms with Crippen LogP contribution in [0.4, 0.5) is 8.78 Å². The summed E-state index contributed by atoms with van der Waals surface area (Å²) in [5.74, 6) is -0.388. The second kappa shape index (κ2) is 8.39. The third kappa shape index (κ3) is 3.75. The fourth-order valence-electron chi connectivity index (χ4n) is 6.03. The fourth-order valence-corrected chi connectivity index (χ4v) is 6.03. The number of amides is 1. The molecule has 2 unspecified atom stereocenters. The zero-order valence-electron chi connectivity index (χ0n) is 18.4. The van der Waals surface area contributed by atoms with E-state index in [1.807, 2.05) is 30.3 Å². The Morgan fingerprint density at radius 2 is 1.97 bits per heavy atom. The van der Waals surface area contributed by atoms with Crippen LogP contribution in [0.2, 0.25) is 0 Å². The Hall–Kier alpha value is -2.60. The average Bonchev–Trinajstić information content (AvgIpc) is 3.51. The summed E-state index contributed by atoms with van der Waals surface area (Å²) >= 11 is 0. The number of piperidine rings is 1. The molecule has 2 fully saturated rings.